The van der Waals surface area contributed by atoms with Crippen LogP contribution in [0, 0.1) is 5.41 Å². The topological polar surface area (TPSA) is 41.6 Å². The third kappa shape index (κ3) is 4.06. The standard InChI is InChI=1S/C18H24N2O2.ClH/c1-18(2)8-16-15(17(21)9-18)11-20(12-19-16)10-13-4-6-14(22-3)7-5-13;/h4-7,19H,8-12H2,1-3H3;1H. The number of halogens is 1. The Morgan fingerprint density at radius 2 is 1.91 bits per heavy atom. The molecule has 0 radical (unpaired) electrons. The van der Waals surface area contributed by atoms with Gasteiger partial charge in [-0.25, -0.2) is 0 Å². The van der Waals surface area contributed by atoms with Crippen LogP contribution in [0.3, 0.4) is 0 Å². The number of nitrogens with one attached hydrogen (secondary N) is 1. The number of carbonyl (C=O) groups is 1. The van der Waals surface area contributed by atoms with Gasteiger partial charge in [0.1, 0.15) is 5.75 Å². The quantitative estimate of drug-likeness (QED) is 0.920. The highest BCUT2D eigenvalue weighted by Crippen LogP contribution is 2.37. The van der Waals surface area contributed by atoms with Gasteiger partial charge in [-0.3, -0.25) is 9.69 Å². The molecule has 0 unspecified atom stereocenters. The number of ketones is 1. The zero-order valence-electron chi connectivity index (χ0n) is 14.0. The molecule has 5 heteroatoms. The van der Waals surface area contributed by atoms with E-state index in [1.807, 2.05) is 12.1 Å². The van der Waals surface area contributed by atoms with Gasteiger partial charge in [0.25, 0.3) is 0 Å². The van der Waals surface area contributed by atoms with Gasteiger partial charge in [0.15, 0.2) is 5.78 Å². The van der Waals surface area contributed by atoms with E-state index in [-0.39, 0.29) is 17.8 Å². The van der Waals surface area contributed by atoms with Crippen molar-refractivity contribution in [3.63, 3.8) is 0 Å². The monoisotopic (exact) mass is 336 g/mol. The van der Waals surface area contributed by atoms with Crippen LogP contribution in [0.2, 0.25) is 0 Å². The predicted molar refractivity (Wildman–Crippen MR) is 93.7 cm³/mol. The number of benzene rings is 1. The molecule has 0 spiro atoms. The molecule has 2 aliphatic rings. The molecule has 1 aromatic carbocycles. The lowest BCUT2D eigenvalue weighted by Crippen LogP contribution is -2.45. The number of hydrogen-bond donors (Lipinski definition) is 1. The molecule has 0 atom stereocenters. The van der Waals surface area contributed by atoms with E-state index in [1.54, 1.807) is 7.11 Å². The molecular weight excluding hydrogens is 312 g/mol. The highest BCUT2D eigenvalue weighted by molar-refractivity contribution is 5.98. The zero-order valence-corrected chi connectivity index (χ0v) is 14.8. The summed E-state index contributed by atoms with van der Waals surface area (Å²) in [5.41, 5.74) is 3.46. The van der Waals surface area contributed by atoms with Crippen LogP contribution in [-0.2, 0) is 11.3 Å². The molecule has 1 heterocycles. The Kier molecular flexibility index (Phi) is 5.37. The summed E-state index contributed by atoms with van der Waals surface area (Å²) in [7, 11) is 1.67. The zero-order chi connectivity index (χ0) is 15.7. The van der Waals surface area contributed by atoms with Gasteiger partial charge in [-0.05, 0) is 29.5 Å². The van der Waals surface area contributed by atoms with Crippen molar-refractivity contribution in [2.45, 2.75) is 33.2 Å². The number of rotatable bonds is 3. The second kappa shape index (κ2) is 6.93. The Morgan fingerprint density at radius 3 is 2.57 bits per heavy atom. The van der Waals surface area contributed by atoms with E-state index < -0.39 is 0 Å². The lowest BCUT2D eigenvalue weighted by molar-refractivity contribution is -0.118. The van der Waals surface area contributed by atoms with E-state index in [0.717, 1.165) is 43.2 Å². The van der Waals surface area contributed by atoms with Crippen LogP contribution in [0.1, 0.15) is 32.3 Å². The fourth-order valence-electron chi connectivity index (χ4n) is 3.30. The maximum atomic E-state index is 12.4. The number of ether oxygens (including phenoxy) is 1. The van der Waals surface area contributed by atoms with Crippen molar-refractivity contribution in [3.8, 4) is 5.75 Å². The summed E-state index contributed by atoms with van der Waals surface area (Å²) in [5, 5.41) is 3.46. The molecule has 1 N–H and O–H groups in total. The number of allylic oxidation sites excluding steroid dienone is 1. The van der Waals surface area contributed by atoms with Crippen molar-refractivity contribution in [1.82, 2.24) is 10.2 Å². The number of nitrogens with zero attached hydrogens (tertiary/aromatic N) is 1. The normalized spacial score (nSPS) is 20.4. The van der Waals surface area contributed by atoms with Gasteiger partial charge in [0.2, 0.25) is 0 Å². The van der Waals surface area contributed by atoms with Gasteiger partial charge in [-0.2, -0.15) is 0 Å². The number of Topliss-reactive ketones (excluding diaryl/α,β-unsaturated/α-hetero) is 1. The van der Waals surface area contributed by atoms with Gasteiger partial charge in [0, 0.05) is 30.8 Å². The van der Waals surface area contributed by atoms with Crippen LogP contribution >= 0.6 is 12.4 Å². The summed E-state index contributed by atoms with van der Waals surface area (Å²) in [4.78, 5) is 14.7. The van der Waals surface area contributed by atoms with E-state index in [4.69, 9.17) is 4.74 Å². The second-order valence-corrected chi connectivity index (χ2v) is 7.07. The highest BCUT2D eigenvalue weighted by Gasteiger charge is 2.35. The molecule has 0 fully saturated rings. The Labute approximate surface area is 144 Å². The lowest BCUT2D eigenvalue weighted by Gasteiger charge is -2.39. The predicted octanol–water partition coefficient (Wildman–Crippen LogP) is 3.12. The smallest absolute Gasteiger partial charge is 0.162 e. The van der Waals surface area contributed by atoms with Crippen LogP contribution in [0.25, 0.3) is 0 Å². The van der Waals surface area contributed by atoms with Crippen LogP contribution in [0.15, 0.2) is 35.5 Å². The van der Waals surface area contributed by atoms with Crippen LogP contribution in [0.5, 0.6) is 5.75 Å². The van der Waals surface area contributed by atoms with Crippen LogP contribution < -0.4 is 10.1 Å². The molecule has 3 rings (SSSR count). The Morgan fingerprint density at radius 1 is 1.22 bits per heavy atom. The van der Waals surface area contributed by atoms with Gasteiger partial charge in [-0.15, -0.1) is 12.4 Å². The van der Waals surface area contributed by atoms with E-state index >= 15 is 0 Å². The number of methoxy groups -OCH3 is 1. The van der Waals surface area contributed by atoms with E-state index in [1.165, 1.54) is 5.56 Å². The van der Waals surface area contributed by atoms with E-state index in [2.05, 4.69) is 36.2 Å². The first-order chi connectivity index (χ1) is 10.5. The highest BCUT2D eigenvalue weighted by atomic mass is 35.5. The molecule has 1 aromatic rings. The Hall–Kier alpha value is -1.52. The van der Waals surface area contributed by atoms with Crippen molar-refractivity contribution in [2.24, 2.45) is 5.41 Å². The van der Waals surface area contributed by atoms with Crippen LogP contribution in [-0.4, -0.2) is 31.0 Å². The summed E-state index contributed by atoms with van der Waals surface area (Å²) in [6.07, 6.45) is 1.63. The maximum Gasteiger partial charge on any atom is 0.162 e. The van der Waals surface area contributed by atoms with Crippen molar-refractivity contribution in [2.75, 3.05) is 20.3 Å². The average molecular weight is 337 g/mol. The summed E-state index contributed by atoms with van der Waals surface area (Å²) in [5.74, 6) is 1.17. The fourth-order valence-corrected chi connectivity index (χ4v) is 3.30. The molecule has 1 aliphatic heterocycles. The first-order valence-corrected chi connectivity index (χ1v) is 7.81. The Balaban J connectivity index is 0.00000192. The third-order valence-corrected chi connectivity index (χ3v) is 4.46. The van der Waals surface area contributed by atoms with E-state index in [0.29, 0.717) is 12.2 Å². The summed E-state index contributed by atoms with van der Waals surface area (Å²) >= 11 is 0. The average Bonchev–Trinajstić information content (AvgIpc) is 2.48. The lowest BCUT2D eigenvalue weighted by atomic mass is 9.75. The molecule has 4 nitrogen and oxygen atoms in total. The van der Waals surface area contributed by atoms with Gasteiger partial charge in [-0.1, -0.05) is 26.0 Å². The summed E-state index contributed by atoms with van der Waals surface area (Å²) < 4.78 is 5.19. The van der Waals surface area contributed by atoms with Gasteiger partial charge >= 0.3 is 0 Å². The van der Waals surface area contributed by atoms with E-state index in [9.17, 15) is 4.79 Å². The minimum atomic E-state index is 0. The second-order valence-electron chi connectivity index (χ2n) is 7.07. The molecular formula is C18H25ClN2O2. The van der Waals surface area contributed by atoms with Crippen LogP contribution in [0.4, 0.5) is 0 Å². The Bertz CT molecular complexity index is 608. The first-order valence-electron chi connectivity index (χ1n) is 7.81. The molecule has 0 saturated heterocycles. The molecule has 0 bridgehead atoms. The van der Waals surface area contributed by atoms with Crippen molar-refractivity contribution < 1.29 is 9.53 Å². The van der Waals surface area contributed by atoms with Crippen molar-refractivity contribution >= 4 is 18.2 Å². The van der Waals surface area contributed by atoms with Gasteiger partial charge in [0.05, 0.1) is 13.8 Å². The number of carbonyl (C=O) groups excluding carboxylic acids is 1. The number of hydrogen-bond acceptors (Lipinski definition) is 4. The minimum absolute atomic E-state index is 0. The largest absolute Gasteiger partial charge is 0.497 e. The maximum absolute atomic E-state index is 12.4. The molecule has 23 heavy (non-hydrogen) atoms. The first kappa shape index (κ1) is 17.8. The van der Waals surface area contributed by atoms with Crippen molar-refractivity contribution in [1.29, 1.82) is 0 Å². The molecule has 126 valence electrons. The molecule has 1 aliphatic carbocycles. The van der Waals surface area contributed by atoms with Crippen molar-refractivity contribution in [3.05, 3.63) is 41.1 Å². The molecule has 0 amide bonds. The SMILES string of the molecule is COc1ccc(CN2CNC3=C(C2)C(=O)CC(C)(C)C3)cc1.Cl. The summed E-state index contributed by atoms with van der Waals surface area (Å²) in [6.45, 7) is 6.72. The molecule has 0 saturated carbocycles. The molecule has 0 aromatic heterocycles. The fraction of sp³-hybridized carbons (Fsp3) is 0.500. The van der Waals surface area contributed by atoms with Gasteiger partial charge < -0.3 is 10.1 Å². The third-order valence-electron chi connectivity index (χ3n) is 4.46. The summed E-state index contributed by atoms with van der Waals surface area (Å²) in [6, 6.07) is 8.11. The minimum Gasteiger partial charge on any atom is -0.497 e.